The summed E-state index contributed by atoms with van der Waals surface area (Å²) in [5, 5.41) is 5.45. The van der Waals surface area contributed by atoms with Gasteiger partial charge in [-0.2, -0.15) is 5.10 Å². The van der Waals surface area contributed by atoms with Crippen molar-refractivity contribution >= 4 is 56.3 Å². The molecule has 2 aromatic rings. The number of fused-ring (bicyclic) bond motifs is 1. The summed E-state index contributed by atoms with van der Waals surface area (Å²) in [5.74, 6) is -1.55. The van der Waals surface area contributed by atoms with Crippen molar-refractivity contribution in [2.45, 2.75) is 71.3 Å². The molecule has 0 radical (unpaired) electrons. The van der Waals surface area contributed by atoms with Crippen molar-refractivity contribution < 1.29 is 28.2 Å². The Labute approximate surface area is 210 Å². The number of Topliss-reactive ketones (excluding diaryl/α,β-unsaturated/α-hetero) is 1. The van der Waals surface area contributed by atoms with Crippen LogP contribution in [0.3, 0.4) is 0 Å². The van der Waals surface area contributed by atoms with E-state index in [-0.39, 0.29) is 19.6 Å². The molecule has 8 nitrogen and oxygen atoms in total. The lowest BCUT2D eigenvalue weighted by Gasteiger charge is -2.29. The second-order valence-corrected chi connectivity index (χ2v) is 10.3. The fraction of sp³-hybridized carbons (Fsp3) is 0.565. The zero-order valence-corrected chi connectivity index (χ0v) is 22.1. The first-order valence-corrected chi connectivity index (χ1v) is 12.2. The van der Waals surface area contributed by atoms with E-state index in [9.17, 15) is 18.8 Å². The highest BCUT2D eigenvalue weighted by molar-refractivity contribution is 9.10. The van der Waals surface area contributed by atoms with Crippen LogP contribution < -0.4 is 0 Å². The number of aromatic nitrogens is 2. The highest BCUT2D eigenvalue weighted by Gasteiger charge is 2.46. The third-order valence-corrected chi connectivity index (χ3v) is 6.44. The molecule has 1 aromatic carbocycles. The number of ether oxygens (including phenoxy) is 2. The van der Waals surface area contributed by atoms with Gasteiger partial charge in [0.25, 0.3) is 0 Å². The molecular formula is C23H28BrClFN3O5. The fourth-order valence-corrected chi connectivity index (χ4v) is 5.06. The van der Waals surface area contributed by atoms with E-state index in [0.29, 0.717) is 22.3 Å². The Morgan fingerprint density at radius 2 is 2.00 bits per heavy atom. The van der Waals surface area contributed by atoms with Crippen molar-refractivity contribution in [3.05, 3.63) is 27.3 Å². The number of rotatable bonds is 6. The molecule has 1 saturated heterocycles. The van der Waals surface area contributed by atoms with Crippen LogP contribution in [-0.4, -0.2) is 63.5 Å². The predicted octanol–water partition coefficient (Wildman–Crippen LogP) is 5.04. The summed E-state index contributed by atoms with van der Waals surface area (Å²) in [4.78, 5) is 40.3. The summed E-state index contributed by atoms with van der Waals surface area (Å²) in [6.45, 7) is 8.31. The first kappa shape index (κ1) is 26.4. The van der Waals surface area contributed by atoms with Crippen molar-refractivity contribution in [1.29, 1.82) is 0 Å². The standard InChI is InChI=1S/C23H28BrClFN3O5/c1-6-13-15(24)9-16(25)14-11-29(27-18(13)14)19(21(31)33-7-2)20(30)17-8-12(26)10-28(17)22(32)34-23(3,4)5/h9,11-12,17,19H,6-8,10H2,1-5H3/t12-,17+,19?/m1/s1. The highest BCUT2D eigenvalue weighted by atomic mass is 79.9. The second-order valence-electron chi connectivity index (χ2n) is 9.08. The van der Waals surface area contributed by atoms with Crippen LogP contribution >= 0.6 is 27.5 Å². The van der Waals surface area contributed by atoms with Crippen LogP contribution in [0.4, 0.5) is 9.18 Å². The molecule has 1 unspecified atom stereocenters. The number of carbonyl (C=O) groups excluding carboxylic acids is 3. The quantitative estimate of drug-likeness (QED) is 0.363. The van der Waals surface area contributed by atoms with Gasteiger partial charge in [-0.25, -0.2) is 18.7 Å². The fourth-order valence-electron chi connectivity index (χ4n) is 3.98. The highest BCUT2D eigenvalue weighted by Crippen LogP contribution is 2.34. The van der Waals surface area contributed by atoms with Crippen LogP contribution in [0.2, 0.25) is 5.02 Å². The summed E-state index contributed by atoms with van der Waals surface area (Å²) >= 11 is 9.87. The molecule has 1 aromatic heterocycles. The average Bonchev–Trinajstić information content (AvgIpc) is 3.32. The molecule has 0 bridgehead atoms. The average molecular weight is 561 g/mol. The minimum atomic E-state index is -1.52. The molecule has 1 amide bonds. The maximum absolute atomic E-state index is 14.4. The number of amides is 1. The molecule has 2 heterocycles. The van der Waals surface area contributed by atoms with Crippen LogP contribution in [0.1, 0.15) is 52.6 Å². The number of esters is 1. The van der Waals surface area contributed by atoms with Gasteiger partial charge in [0.2, 0.25) is 6.04 Å². The molecule has 1 fully saturated rings. The Morgan fingerprint density at radius 3 is 2.59 bits per heavy atom. The second kappa shape index (κ2) is 10.2. The molecule has 0 saturated carbocycles. The van der Waals surface area contributed by atoms with Crippen LogP contribution in [-0.2, 0) is 25.5 Å². The maximum atomic E-state index is 14.4. The number of nitrogens with zero attached hydrogens (tertiary/aromatic N) is 3. The number of hydrogen-bond donors (Lipinski definition) is 0. The van der Waals surface area contributed by atoms with Gasteiger partial charge in [-0.3, -0.25) is 9.69 Å². The van der Waals surface area contributed by atoms with Crippen LogP contribution in [0.15, 0.2) is 16.7 Å². The van der Waals surface area contributed by atoms with Crippen LogP contribution in [0.25, 0.3) is 10.9 Å². The van der Waals surface area contributed by atoms with Gasteiger partial charge in [0.1, 0.15) is 11.8 Å². The molecule has 3 rings (SSSR count). The summed E-state index contributed by atoms with van der Waals surface area (Å²) in [5.41, 5.74) is 0.552. The van der Waals surface area contributed by atoms with E-state index in [0.717, 1.165) is 14.9 Å². The lowest BCUT2D eigenvalue weighted by Crippen LogP contribution is -2.47. The van der Waals surface area contributed by atoms with Crippen molar-refractivity contribution in [2.24, 2.45) is 0 Å². The number of carbonyl (C=O) groups is 3. The summed E-state index contributed by atoms with van der Waals surface area (Å²) in [6.07, 6.45) is -0.372. The molecule has 11 heteroatoms. The smallest absolute Gasteiger partial charge is 0.411 e. The van der Waals surface area contributed by atoms with Gasteiger partial charge >= 0.3 is 12.1 Å². The third kappa shape index (κ3) is 5.38. The van der Waals surface area contributed by atoms with Gasteiger partial charge in [-0.1, -0.05) is 34.5 Å². The minimum absolute atomic E-state index is 0.0299. The number of aryl methyl sites for hydroxylation is 1. The topological polar surface area (TPSA) is 90.7 Å². The normalized spacial score (nSPS) is 19.4. The van der Waals surface area contributed by atoms with E-state index in [1.165, 1.54) is 10.9 Å². The SMILES string of the molecule is CCOC(=O)C(C(=O)[C@@H]1C[C@@H](F)CN1C(=O)OC(C)(C)C)n1cc2c(Cl)cc(Br)c(CC)c2n1. The van der Waals surface area contributed by atoms with Crippen LogP contribution in [0, 0.1) is 0 Å². The van der Waals surface area contributed by atoms with E-state index in [1.54, 1.807) is 33.8 Å². The Bertz CT molecular complexity index is 1120. The third-order valence-electron chi connectivity index (χ3n) is 5.42. The Kier molecular flexibility index (Phi) is 7.92. The number of alkyl halides is 1. The Balaban J connectivity index is 2.06. The molecule has 1 aliphatic heterocycles. The largest absolute Gasteiger partial charge is 0.464 e. The first-order chi connectivity index (χ1) is 15.9. The van der Waals surface area contributed by atoms with E-state index < -0.39 is 41.7 Å². The lowest BCUT2D eigenvalue weighted by atomic mass is 10.0. The molecule has 34 heavy (non-hydrogen) atoms. The van der Waals surface area contributed by atoms with E-state index >= 15 is 0 Å². The number of halogens is 3. The van der Waals surface area contributed by atoms with Crippen molar-refractivity contribution in [1.82, 2.24) is 14.7 Å². The van der Waals surface area contributed by atoms with Gasteiger partial charge < -0.3 is 9.47 Å². The molecule has 0 N–H and O–H groups in total. The Hall–Kier alpha value is -2.20. The molecule has 3 atom stereocenters. The zero-order chi connectivity index (χ0) is 25.4. The number of likely N-dealkylation sites (tertiary alicyclic amines) is 1. The van der Waals surface area contributed by atoms with Gasteiger partial charge in [0.15, 0.2) is 5.78 Å². The molecule has 0 spiro atoms. The number of hydrogen-bond acceptors (Lipinski definition) is 6. The molecule has 1 aliphatic rings. The Morgan fingerprint density at radius 1 is 1.32 bits per heavy atom. The van der Waals surface area contributed by atoms with Gasteiger partial charge in [-0.05, 0) is 45.7 Å². The van der Waals surface area contributed by atoms with Gasteiger partial charge in [-0.15, -0.1) is 0 Å². The predicted molar refractivity (Wildman–Crippen MR) is 129 cm³/mol. The summed E-state index contributed by atoms with van der Waals surface area (Å²) in [6, 6.07) is -1.00. The molecular weight excluding hydrogens is 533 g/mol. The summed E-state index contributed by atoms with van der Waals surface area (Å²) in [7, 11) is 0. The minimum Gasteiger partial charge on any atom is -0.464 e. The first-order valence-electron chi connectivity index (χ1n) is 11.1. The lowest BCUT2D eigenvalue weighted by molar-refractivity contribution is -0.152. The van der Waals surface area contributed by atoms with E-state index in [2.05, 4.69) is 21.0 Å². The molecule has 0 aliphatic carbocycles. The van der Waals surface area contributed by atoms with Gasteiger partial charge in [0, 0.05) is 22.5 Å². The van der Waals surface area contributed by atoms with Crippen LogP contribution in [0.5, 0.6) is 0 Å². The summed E-state index contributed by atoms with van der Waals surface area (Å²) < 4.78 is 26.9. The monoisotopic (exact) mass is 559 g/mol. The number of benzene rings is 1. The van der Waals surface area contributed by atoms with Crippen molar-refractivity contribution in [3.63, 3.8) is 0 Å². The van der Waals surface area contributed by atoms with E-state index in [4.69, 9.17) is 21.1 Å². The van der Waals surface area contributed by atoms with Gasteiger partial charge in [0.05, 0.1) is 29.7 Å². The van der Waals surface area contributed by atoms with Crippen molar-refractivity contribution in [2.75, 3.05) is 13.2 Å². The maximum Gasteiger partial charge on any atom is 0.411 e. The zero-order valence-electron chi connectivity index (χ0n) is 19.7. The number of ketones is 1. The van der Waals surface area contributed by atoms with Crippen molar-refractivity contribution in [3.8, 4) is 0 Å². The van der Waals surface area contributed by atoms with E-state index in [1.807, 2.05) is 6.92 Å². The molecule has 186 valence electrons.